The number of hydrogen-bond acceptors (Lipinski definition) is 3. The summed E-state index contributed by atoms with van der Waals surface area (Å²) in [6, 6.07) is 8.96. The van der Waals surface area contributed by atoms with Crippen LogP contribution in [0.15, 0.2) is 41.6 Å². The van der Waals surface area contributed by atoms with Gasteiger partial charge in [-0.3, -0.25) is 0 Å². The van der Waals surface area contributed by atoms with Crippen molar-refractivity contribution in [3.63, 3.8) is 0 Å². The summed E-state index contributed by atoms with van der Waals surface area (Å²) in [5, 5.41) is 14.4. The number of hydrogen-bond donors (Lipinski definition) is 3. The molecule has 0 saturated heterocycles. The molecule has 2 aromatic rings. The number of benzene rings is 2. The van der Waals surface area contributed by atoms with Crippen LogP contribution in [0.4, 0.5) is 14.5 Å². The summed E-state index contributed by atoms with van der Waals surface area (Å²) in [4.78, 5) is 0. The molecule has 110 valence electrons. The van der Waals surface area contributed by atoms with E-state index in [2.05, 4.69) is 10.5 Å². The van der Waals surface area contributed by atoms with Crippen LogP contribution in [0.25, 0.3) is 0 Å². The molecular formula is C15H15F2N3O. The molecular weight excluding hydrogens is 276 g/mol. The van der Waals surface area contributed by atoms with E-state index in [0.29, 0.717) is 11.3 Å². The van der Waals surface area contributed by atoms with E-state index in [-0.39, 0.29) is 23.8 Å². The number of halogens is 2. The van der Waals surface area contributed by atoms with Gasteiger partial charge in [-0.2, -0.15) is 0 Å². The van der Waals surface area contributed by atoms with E-state index in [9.17, 15) is 8.78 Å². The van der Waals surface area contributed by atoms with Gasteiger partial charge in [-0.15, -0.1) is 0 Å². The van der Waals surface area contributed by atoms with E-state index < -0.39 is 5.82 Å². The Hall–Kier alpha value is -2.63. The Balaban J connectivity index is 2.21. The molecule has 21 heavy (non-hydrogen) atoms. The Morgan fingerprint density at radius 3 is 2.71 bits per heavy atom. The first-order valence-electron chi connectivity index (χ1n) is 6.28. The molecule has 0 spiro atoms. The zero-order valence-electron chi connectivity index (χ0n) is 11.4. The molecule has 2 rings (SSSR count). The molecule has 6 heteroatoms. The second kappa shape index (κ2) is 6.21. The zero-order chi connectivity index (χ0) is 15.4. The first-order chi connectivity index (χ1) is 10.0. The predicted octanol–water partition coefficient (Wildman–Crippen LogP) is 2.98. The summed E-state index contributed by atoms with van der Waals surface area (Å²) in [5.41, 5.74) is 7.25. The van der Waals surface area contributed by atoms with Crippen molar-refractivity contribution in [3.05, 3.63) is 64.7 Å². The molecule has 0 unspecified atom stereocenters. The van der Waals surface area contributed by atoms with E-state index in [4.69, 9.17) is 10.9 Å². The molecule has 0 heterocycles. The average Bonchev–Trinajstić information content (AvgIpc) is 2.47. The zero-order valence-corrected chi connectivity index (χ0v) is 11.4. The van der Waals surface area contributed by atoms with Crippen LogP contribution in [0.1, 0.15) is 16.7 Å². The maximum Gasteiger partial charge on any atom is 0.173 e. The Labute approximate surface area is 120 Å². The lowest BCUT2D eigenvalue weighted by Gasteiger charge is -2.11. The van der Waals surface area contributed by atoms with Gasteiger partial charge >= 0.3 is 0 Å². The van der Waals surface area contributed by atoms with E-state index in [1.165, 1.54) is 18.2 Å². The number of rotatable bonds is 4. The molecule has 0 saturated carbocycles. The normalized spacial score (nSPS) is 11.5. The summed E-state index contributed by atoms with van der Waals surface area (Å²) in [7, 11) is 0. The van der Waals surface area contributed by atoms with Gasteiger partial charge in [0.25, 0.3) is 0 Å². The van der Waals surface area contributed by atoms with Crippen LogP contribution < -0.4 is 11.1 Å². The maximum atomic E-state index is 14.2. The third-order valence-corrected chi connectivity index (χ3v) is 3.12. The predicted molar refractivity (Wildman–Crippen MR) is 77.4 cm³/mol. The van der Waals surface area contributed by atoms with Gasteiger partial charge in [-0.1, -0.05) is 17.3 Å². The van der Waals surface area contributed by atoms with Crippen LogP contribution in [0.5, 0.6) is 0 Å². The Kier molecular flexibility index (Phi) is 4.37. The van der Waals surface area contributed by atoms with E-state index in [1.807, 2.05) is 0 Å². The lowest BCUT2D eigenvalue weighted by Crippen LogP contribution is -2.16. The minimum absolute atomic E-state index is 0.0348. The summed E-state index contributed by atoms with van der Waals surface area (Å²) in [5.74, 6) is -1.16. The molecule has 0 bridgehead atoms. The average molecular weight is 291 g/mol. The molecule has 0 amide bonds. The summed E-state index contributed by atoms with van der Waals surface area (Å²) in [6.45, 7) is 1.96. The highest BCUT2D eigenvalue weighted by atomic mass is 19.1. The van der Waals surface area contributed by atoms with Crippen LogP contribution in [0.2, 0.25) is 0 Å². The van der Waals surface area contributed by atoms with Crippen molar-refractivity contribution >= 4 is 11.5 Å². The minimum atomic E-state index is -0.555. The van der Waals surface area contributed by atoms with Crippen molar-refractivity contribution < 1.29 is 14.0 Å². The summed E-state index contributed by atoms with van der Waals surface area (Å²) in [6.07, 6.45) is 0. The lowest BCUT2D eigenvalue weighted by atomic mass is 10.1. The largest absolute Gasteiger partial charge is 0.409 e. The van der Waals surface area contributed by atoms with Gasteiger partial charge in [0.1, 0.15) is 11.6 Å². The summed E-state index contributed by atoms with van der Waals surface area (Å²) < 4.78 is 27.2. The number of amidine groups is 1. The molecule has 0 aliphatic rings. The van der Waals surface area contributed by atoms with Gasteiger partial charge in [-0.25, -0.2) is 8.78 Å². The summed E-state index contributed by atoms with van der Waals surface area (Å²) >= 11 is 0. The molecule has 0 fully saturated rings. The van der Waals surface area contributed by atoms with Crippen LogP contribution >= 0.6 is 0 Å². The second-order valence-electron chi connectivity index (χ2n) is 4.58. The van der Waals surface area contributed by atoms with Gasteiger partial charge in [0.05, 0.1) is 5.56 Å². The first-order valence-corrected chi connectivity index (χ1v) is 6.28. The van der Waals surface area contributed by atoms with Crippen molar-refractivity contribution in [2.75, 3.05) is 5.32 Å². The van der Waals surface area contributed by atoms with Gasteiger partial charge < -0.3 is 16.3 Å². The highest BCUT2D eigenvalue weighted by Gasteiger charge is 2.11. The van der Waals surface area contributed by atoms with Crippen LogP contribution in [-0.4, -0.2) is 11.0 Å². The van der Waals surface area contributed by atoms with E-state index in [0.717, 1.165) is 5.56 Å². The number of aryl methyl sites for hydroxylation is 1. The Morgan fingerprint density at radius 2 is 2.05 bits per heavy atom. The molecule has 4 N–H and O–H groups in total. The fourth-order valence-corrected chi connectivity index (χ4v) is 1.98. The number of anilines is 1. The molecule has 0 atom stereocenters. The Morgan fingerprint density at radius 1 is 1.29 bits per heavy atom. The fourth-order valence-electron chi connectivity index (χ4n) is 1.98. The lowest BCUT2D eigenvalue weighted by molar-refractivity contribution is 0.318. The molecule has 0 aromatic heterocycles. The first kappa shape index (κ1) is 14.8. The van der Waals surface area contributed by atoms with Gasteiger partial charge in [-0.05, 0) is 36.8 Å². The monoisotopic (exact) mass is 291 g/mol. The van der Waals surface area contributed by atoms with Gasteiger partial charge in [0.2, 0.25) is 0 Å². The van der Waals surface area contributed by atoms with Crippen molar-refractivity contribution in [2.45, 2.75) is 13.5 Å². The minimum Gasteiger partial charge on any atom is -0.409 e. The van der Waals surface area contributed by atoms with Crippen molar-refractivity contribution in [2.24, 2.45) is 10.9 Å². The standard InChI is InChI=1S/C15H15F2N3O/c1-9-7-11(16)5-6-13(9)19-8-10-3-2-4-12(14(10)17)15(18)20-21/h2-7,19,21H,8H2,1H3,(H2,18,20). The molecule has 2 aromatic carbocycles. The van der Waals surface area contributed by atoms with E-state index in [1.54, 1.807) is 25.1 Å². The van der Waals surface area contributed by atoms with Crippen LogP contribution in [0.3, 0.4) is 0 Å². The molecule has 0 aliphatic heterocycles. The van der Waals surface area contributed by atoms with Crippen molar-refractivity contribution in [1.82, 2.24) is 0 Å². The number of nitrogens with two attached hydrogens (primary N) is 1. The highest BCUT2D eigenvalue weighted by molar-refractivity contribution is 5.97. The van der Waals surface area contributed by atoms with Crippen LogP contribution in [0, 0.1) is 18.6 Å². The quantitative estimate of drug-likeness (QED) is 0.351. The smallest absolute Gasteiger partial charge is 0.173 e. The van der Waals surface area contributed by atoms with Crippen molar-refractivity contribution in [1.29, 1.82) is 0 Å². The third kappa shape index (κ3) is 3.28. The number of nitrogens with one attached hydrogen (secondary N) is 1. The van der Waals surface area contributed by atoms with Gasteiger partial charge in [0.15, 0.2) is 5.84 Å². The molecule has 0 aliphatic carbocycles. The Bertz CT molecular complexity index is 687. The third-order valence-electron chi connectivity index (χ3n) is 3.12. The second-order valence-corrected chi connectivity index (χ2v) is 4.58. The maximum absolute atomic E-state index is 14.2. The topological polar surface area (TPSA) is 70.6 Å². The van der Waals surface area contributed by atoms with Crippen LogP contribution in [-0.2, 0) is 6.54 Å². The molecule has 4 nitrogen and oxygen atoms in total. The highest BCUT2D eigenvalue weighted by Crippen LogP contribution is 2.19. The van der Waals surface area contributed by atoms with Gasteiger partial charge in [0, 0.05) is 17.8 Å². The number of nitrogens with zero attached hydrogens (tertiary/aromatic N) is 1. The van der Waals surface area contributed by atoms with Crippen molar-refractivity contribution in [3.8, 4) is 0 Å². The van der Waals surface area contributed by atoms with E-state index >= 15 is 0 Å². The SMILES string of the molecule is Cc1cc(F)ccc1NCc1cccc(/C(N)=N/O)c1F. The molecule has 0 radical (unpaired) electrons. The fraction of sp³-hybridized carbons (Fsp3) is 0.133. The number of oxime groups is 1.